The molecule has 0 unspecified atom stereocenters. The van der Waals surface area contributed by atoms with Gasteiger partial charge in [-0.05, 0) is 0 Å². The molecule has 0 heterocycles. The SMILES string of the molecule is CC(C)CP(C)(CC(C)C)(CC(C)C)SC#N. The van der Waals surface area contributed by atoms with Crippen LogP contribution in [0.5, 0.6) is 0 Å². The third kappa shape index (κ3) is 6.12. The quantitative estimate of drug-likeness (QED) is 0.467. The maximum absolute atomic E-state index is 9.25. The molecule has 3 heteroatoms. The van der Waals surface area contributed by atoms with Crippen LogP contribution in [0, 0.1) is 28.4 Å². The van der Waals surface area contributed by atoms with E-state index in [-0.39, 0.29) is 0 Å². The van der Waals surface area contributed by atoms with Crippen LogP contribution >= 0.6 is 17.2 Å². The van der Waals surface area contributed by atoms with Gasteiger partial charge in [0.2, 0.25) is 0 Å². The third-order valence-corrected chi connectivity index (χ3v) is 12.2. The monoisotopic (exact) mass is 275 g/mol. The van der Waals surface area contributed by atoms with Gasteiger partial charge in [0.1, 0.15) is 0 Å². The van der Waals surface area contributed by atoms with E-state index in [0.717, 1.165) is 0 Å². The second kappa shape index (κ2) is 6.44. The van der Waals surface area contributed by atoms with Gasteiger partial charge in [0.15, 0.2) is 0 Å². The summed E-state index contributed by atoms with van der Waals surface area (Å²) in [6.45, 7) is 16.2. The van der Waals surface area contributed by atoms with Crippen LogP contribution in [0.1, 0.15) is 41.5 Å². The topological polar surface area (TPSA) is 23.8 Å². The molecule has 0 aliphatic rings. The fourth-order valence-corrected chi connectivity index (χ4v) is 14.8. The van der Waals surface area contributed by atoms with Gasteiger partial charge in [-0.2, -0.15) is 0 Å². The molecule has 0 saturated heterocycles. The molecule has 102 valence electrons. The summed E-state index contributed by atoms with van der Waals surface area (Å²) in [7, 11) is 0. The van der Waals surface area contributed by atoms with Crippen LogP contribution in [0.3, 0.4) is 0 Å². The zero-order valence-corrected chi connectivity index (χ0v) is 14.4. The Hall–Kier alpha value is 0.270. The van der Waals surface area contributed by atoms with Crippen LogP contribution in [0.2, 0.25) is 0 Å². The Morgan fingerprint density at radius 2 is 1.18 bits per heavy atom. The second-order valence-electron chi connectivity index (χ2n) is 7.10. The van der Waals surface area contributed by atoms with Gasteiger partial charge in [0.05, 0.1) is 0 Å². The average Bonchev–Trinajstić information content (AvgIpc) is 1.96. The Labute approximate surface area is 112 Å². The van der Waals surface area contributed by atoms with Crippen LogP contribution in [-0.4, -0.2) is 25.2 Å². The average molecular weight is 275 g/mol. The number of hydrogen-bond donors (Lipinski definition) is 0. The molecule has 1 nitrogen and oxygen atoms in total. The summed E-state index contributed by atoms with van der Waals surface area (Å²) in [4.78, 5) is 0. The van der Waals surface area contributed by atoms with E-state index in [2.05, 4.69) is 53.6 Å². The fraction of sp³-hybridized carbons (Fsp3) is 0.929. The molecular formula is C14H30NPS. The first kappa shape index (κ1) is 17.3. The van der Waals surface area contributed by atoms with Crippen LogP contribution in [0.4, 0.5) is 0 Å². The molecule has 0 radical (unpaired) electrons. The number of rotatable bonds is 7. The third-order valence-electron chi connectivity index (χ3n) is 2.97. The number of nitriles is 1. The molecule has 0 N–H and O–H groups in total. The van der Waals surface area contributed by atoms with E-state index in [1.54, 1.807) is 11.4 Å². The molecule has 0 aliphatic heterocycles. The molecule has 0 amide bonds. The van der Waals surface area contributed by atoms with Gasteiger partial charge in [-0.3, -0.25) is 0 Å². The Morgan fingerprint density at radius 1 is 0.882 bits per heavy atom. The predicted octanol–water partition coefficient (Wildman–Crippen LogP) is 5.27. The molecule has 0 aromatic carbocycles. The zero-order chi connectivity index (χ0) is 13.7. The minimum absolute atomic E-state index is 0.691. The predicted molar refractivity (Wildman–Crippen MR) is 85.2 cm³/mol. The van der Waals surface area contributed by atoms with Crippen molar-refractivity contribution >= 4 is 17.2 Å². The van der Waals surface area contributed by atoms with E-state index in [4.69, 9.17) is 0 Å². The van der Waals surface area contributed by atoms with E-state index in [9.17, 15) is 5.26 Å². The maximum atomic E-state index is 9.25. The summed E-state index contributed by atoms with van der Waals surface area (Å²) in [5.74, 6) is 0.160. The van der Waals surface area contributed by atoms with Crippen molar-refractivity contribution in [2.75, 3.05) is 25.2 Å². The normalized spacial score (nSPS) is 15.0. The van der Waals surface area contributed by atoms with Gasteiger partial charge in [-0.1, -0.05) is 0 Å². The van der Waals surface area contributed by atoms with Gasteiger partial charge >= 0.3 is 112 Å². The molecule has 0 aromatic rings. The summed E-state index contributed by atoms with van der Waals surface area (Å²) in [6.07, 6.45) is 3.75. The van der Waals surface area contributed by atoms with Crippen molar-refractivity contribution in [1.29, 1.82) is 5.26 Å². The fourth-order valence-electron chi connectivity index (χ4n) is 3.55. The van der Waals surface area contributed by atoms with Crippen molar-refractivity contribution in [2.24, 2.45) is 17.8 Å². The first-order valence-electron chi connectivity index (χ1n) is 6.70. The van der Waals surface area contributed by atoms with Crippen molar-refractivity contribution in [1.82, 2.24) is 0 Å². The molecule has 0 rings (SSSR count). The van der Waals surface area contributed by atoms with Crippen molar-refractivity contribution in [3.05, 3.63) is 0 Å². The van der Waals surface area contributed by atoms with Gasteiger partial charge in [-0.15, -0.1) is 0 Å². The number of nitrogens with zero attached hydrogens (tertiary/aromatic N) is 1. The van der Waals surface area contributed by atoms with Crippen LogP contribution < -0.4 is 0 Å². The minimum atomic E-state index is -1.91. The van der Waals surface area contributed by atoms with E-state index in [1.165, 1.54) is 18.5 Å². The van der Waals surface area contributed by atoms with E-state index >= 15 is 0 Å². The summed E-state index contributed by atoms with van der Waals surface area (Å²) in [6, 6.07) is 0. The Kier molecular flexibility index (Phi) is 6.54. The van der Waals surface area contributed by atoms with Crippen LogP contribution in [-0.2, 0) is 0 Å². The molecule has 0 aliphatic carbocycles. The van der Waals surface area contributed by atoms with Gasteiger partial charge < -0.3 is 0 Å². The van der Waals surface area contributed by atoms with Gasteiger partial charge in [0.25, 0.3) is 0 Å². The summed E-state index contributed by atoms with van der Waals surface area (Å²) < 4.78 is 0. The van der Waals surface area contributed by atoms with Crippen molar-refractivity contribution < 1.29 is 0 Å². The Balaban J connectivity index is 5.28. The van der Waals surface area contributed by atoms with E-state index in [1.807, 2.05) is 0 Å². The first-order chi connectivity index (χ1) is 7.61. The standard InChI is InChI=1S/C14H30NPS/c1-12(2)8-16(7,17-11-15,9-13(3)4)10-14(5)6/h12-14H,8-10H2,1-7H3. The van der Waals surface area contributed by atoms with Crippen molar-refractivity contribution in [3.63, 3.8) is 0 Å². The molecule has 0 saturated carbocycles. The molecule has 0 fully saturated rings. The first-order valence-corrected chi connectivity index (χ1v) is 11.4. The van der Waals surface area contributed by atoms with E-state index < -0.39 is 5.81 Å². The Morgan fingerprint density at radius 3 is 1.35 bits per heavy atom. The molecule has 0 atom stereocenters. The van der Waals surface area contributed by atoms with Gasteiger partial charge in [-0.25, -0.2) is 0 Å². The van der Waals surface area contributed by atoms with Crippen molar-refractivity contribution in [2.45, 2.75) is 41.5 Å². The van der Waals surface area contributed by atoms with Gasteiger partial charge in [0, 0.05) is 0 Å². The van der Waals surface area contributed by atoms with E-state index in [0.29, 0.717) is 17.8 Å². The molecule has 17 heavy (non-hydrogen) atoms. The zero-order valence-electron chi connectivity index (χ0n) is 12.7. The summed E-state index contributed by atoms with van der Waals surface area (Å²) in [5.41, 5.74) is 0. The second-order valence-corrected chi connectivity index (χ2v) is 16.9. The summed E-state index contributed by atoms with van der Waals surface area (Å²) in [5, 5.41) is 11.7. The van der Waals surface area contributed by atoms with Crippen LogP contribution in [0.25, 0.3) is 0 Å². The molecule has 0 aromatic heterocycles. The summed E-state index contributed by atoms with van der Waals surface area (Å²) >= 11 is 1.65. The molecule has 0 bridgehead atoms. The molecule has 0 spiro atoms. The number of thiocyanates is 1. The Bertz CT molecular complexity index is 249. The van der Waals surface area contributed by atoms with Crippen molar-refractivity contribution in [3.8, 4) is 5.40 Å². The molecular weight excluding hydrogens is 245 g/mol. The number of hydrogen-bond acceptors (Lipinski definition) is 2. The van der Waals surface area contributed by atoms with Crippen LogP contribution in [0.15, 0.2) is 0 Å².